The van der Waals surface area contributed by atoms with Crippen LogP contribution in [-0.4, -0.2) is 11.2 Å². The molecule has 0 spiro atoms. The fraction of sp³-hybridized carbons (Fsp3) is 0.800. The standard InChI is InChI=1S/C10H16O/c1-6-8-4-7(5-9(6)11)10(8,2)3/h7,9,11H,4-5H2,1-3H3/t7-,9+/m1/s1. The third kappa shape index (κ3) is 0.750. The number of hydrogen-bond acceptors (Lipinski definition) is 1. The molecule has 2 atom stereocenters. The molecule has 0 aliphatic heterocycles. The summed E-state index contributed by atoms with van der Waals surface area (Å²) in [5.74, 6) is 0.746. The molecule has 0 aromatic rings. The minimum absolute atomic E-state index is 0.128. The van der Waals surface area contributed by atoms with Crippen molar-refractivity contribution in [3.63, 3.8) is 0 Å². The summed E-state index contributed by atoms with van der Waals surface area (Å²) in [4.78, 5) is 0. The second kappa shape index (κ2) is 1.89. The molecule has 0 unspecified atom stereocenters. The third-order valence-corrected chi connectivity index (χ3v) is 3.73. The Kier molecular flexibility index (Phi) is 1.26. The van der Waals surface area contributed by atoms with Crippen molar-refractivity contribution >= 4 is 0 Å². The van der Waals surface area contributed by atoms with Crippen LogP contribution in [-0.2, 0) is 0 Å². The van der Waals surface area contributed by atoms with Gasteiger partial charge in [0.25, 0.3) is 0 Å². The van der Waals surface area contributed by atoms with Crippen LogP contribution >= 0.6 is 0 Å². The quantitative estimate of drug-likeness (QED) is 0.527. The first-order chi connectivity index (χ1) is 5.03. The molecule has 2 bridgehead atoms. The smallest absolute Gasteiger partial charge is 0.0753 e. The van der Waals surface area contributed by atoms with E-state index in [1.54, 1.807) is 0 Å². The largest absolute Gasteiger partial charge is 0.389 e. The van der Waals surface area contributed by atoms with Crippen LogP contribution in [0.3, 0.4) is 0 Å². The molecule has 1 N–H and O–H groups in total. The molecule has 0 amide bonds. The summed E-state index contributed by atoms with van der Waals surface area (Å²) in [6.07, 6.45) is 2.11. The van der Waals surface area contributed by atoms with Crippen molar-refractivity contribution in [2.75, 3.05) is 0 Å². The highest BCUT2D eigenvalue weighted by molar-refractivity contribution is 5.35. The van der Waals surface area contributed by atoms with Crippen LogP contribution in [0.25, 0.3) is 0 Å². The summed E-state index contributed by atoms with van der Waals surface area (Å²) in [5.41, 5.74) is 3.17. The summed E-state index contributed by atoms with van der Waals surface area (Å²) in [6, 6.07) is 0. The van der Waals surface area contributed by atoms with Crippen molar-refractivity contribution in [3.8, 4) is 0 Å². The Bertz CT molecular complexity index is 225. The van der Waals surface area contributed by atoms with Gasteiger partial charge in [0, 0.05) is 0 Å². The lowest BCUT2D eigenvalue weighted by Crippen LogP contribution is -2.45. The van der Waals surface area contributed by atoms with Gasteiger partial charge in [0.2, 0.25) is 0 Å². The summed E-state index contributed by atoms with van der Waals surface area (Å²) in [7, 11) is 0. The zero-order valence-corrected chi connectivity index (χ0v) is 7.52. The highest BCUT2D eigenvalue weighted by Gasteiger charge is 2.49. The molecule has 0 aromatic heterocycles. The summed E-state index contributed by atoms with van der Waals surface area (Å²) < 4.78 is 0. The van der Waals surface area contributed by atoms with Gasteiger partial charge in [-0.1, -0.05) is 19.4 Å². The van der Waals surface area contributed by atoms with Crippen molar-refractivity contribution in [3.05, 3.63) is 11.1 Å². The van der Waals surface area contributed by atoms with Crippen molar-refractivity contribution in [1.82, 2.24) is 0 Å². The number of allylic oxidation sites excluding steroid dienone is 1. The molecule has 62 valence electrons. The number of fused-ring (bicyclic) bond motifs is 2. The van der Waals surface area contributed by atoms with E-state index in [-0.39, 0.29) is 6.10 Å². The lowest BCUT2D eigenvalue weighted by Gasteiger charge is -2.54. The van der Waals surface area contributed by atoms with Gasteiger partial charge < -0.3 is 5.11 Å². The van der Waals surface area contributed by atoms with Crippen LogP contribution in [0.15, 0.2) is 11.1 Å². The van der Waals surface area contributed by atoms with Gasteiger partial charge >= 0.3 is 0 Å². The fourth-order valence-electron chi connectivity index (χ4n) is 2.57. The average molecular weight is 152 g/mol. The maximum atomic E-state index is 9.55. The summed E-state index contributed by atoms with van der Waals surface area (Å²) in [6.45, 7) is 6.68. The number of hydrogen-bond donors (Lipinski definition) is 1. The van der Waals surface area contributed by atoms with E-state index in [1.165, 1.54) is 17.6 Å². The molecule has 0 radical (unpaired) electrons. The van der Waals surface area contributed by atoms with E-state index < -0.39 is 0 Å². The normalized spacial score (nSPS) is 40.4. The molecule has 1 fully saturated rings. The van der Waals surface area contributed by atoms with Crippen LogP contribution in [0, 0.1) is 11.3 Å². The lowest BCUT2D eigenvalue weighted by atomic mass is 9.52. The van der Waals surface area contributed by atoms with Gasteiger partial charge in [-0.25, -0.2) is 0 Å². The van der Waals surface area contributed by atoms with Crippen LogP contribution in [0.5, 0.6) is 0 Å². The van der Waals surface area contributed by atoms with Crippen LogP contribution in [0.4, 0.5) is 0 Å². The molecule has 1 heteroatoms. The molecule has 3 aliphatic carbocycles. The van der Waals surface area contributed by atoms with E-state index in [4.69, 9.17) is 0 Å². The molecular formula is C10H16O. The van der Waals surface area contributed by atoms with Gasteiger partial charge in [-0.2, -0.15) is 0 Å². The van der Waals surface area contributed by atoms with Crippen molar-refractivity contribution in [1.29, 1.82) is 0 Å². The Labute approximate surface area is 68.1 Å². The van der Waals surface area contributed by atoms with E-state index in [0.29, 0.717) is 5.41 Å². The van der Waals surface area contributed by atoms with Gasteiger partial charge in [0.1, 0.15) is 0 Å². The van der Waals surface area contributed by atoms with Gasteiger partial charge in [-0.15, -0.1) is 0 Å². The van der Waals surface area contributed by atoms with Crippen LogP contribution < -0.4 is 0 Å². The molecule has 3 rings (SSSR count). The van der Waals surface area contributed by atoms with E-state index in [0.717, 1.165) is 12.3 Å². The first kappa shape index (κ1) is 7.35. The zero-order valence-electron chi connectivity index (χ0n) is 7.52. The van der Waals surface area contributed by atoms with E-state index in [1.807, 2.05) is 0 Å². The number of aliphatic hydroxyl groups excluding tert-OH is 1. The molecule has 1 saturated carbocycles. The monoisotopic (exact) mass is 152 g/mol. The summed E-state index contributed by atoms with van der Waals surface area (Å²) >= 11 is 0. The highest BCUT2D eigenvalue weighted by Crippen LogP contribution is 2.58. The maximum Gasteiger partial charge on any atom is 0.0753 e. The van der Waals surface area contributed by atoms with Crippen molar-refractivity contribution < 1.29 is 5.11 Å². The van der Waals surface area contributed by atoms with Crippen LogP contribution in [0.2, 0.25) is 0 Å². The Morgan fingerprint density at radius 2 is 2.09 bits per heavy atom. The SMILES string of the molecule is CC1=C2C[C@H](C[C@@H]1O)C2(C)C. The zero-order chi connectivity index (χ0) is 8.22. The summed E-state index contributed by atoms with van der Waals surface area (Å²) in [5, 5.41) is 9.55. The minimum atomic E-state index is -0.128. The number of aliphatic hydroxyl groups is 1. The topological polar surface area (TPSA) is 20.2 Å². The van der Waals surface area contributed by atoms with E-state index in [2.05, 4.69) is 20.8 Å². The second-order valence-corrected chi connectivity index (χ2v) is 4.54. The Hall–Kier alpha value is -0.300. The van der Waals surface area contributed by atoms with Crippen molar-refractivity contribution in [2.24, 2.45) is 11.3 Å². The molecule has 0 saturated heterocycles. The maximum absolute atomic E-state index is 9.55. The van der Waals surface area contributed by atoms with E-state index >= 15 is 0 Å². The Morgan fingerprint density at radius 3 is 2.45 bits per heavy atom. The fourth-order valence-corrected chi connectivity index (χ4v) is 2.57. The van der Waals surface area contributed by atoms with Crippen LogP contribution in [0.1, 0.15) is 33.6 Å². The second-order valence-electron chi connectivity index (χ2n) is 4.54. The molecule has 11 heavy (non-hydrogen) atoms. The van der Waals surface area contributed by atoms with Crippen molar-refractivity contribution in [2.45, 2.75) is 39.7 Å². The highest BCUT2D eigenvalue weighted by atomic mass is 16.3. The van der Waals surface area contributed by atoms with E-state index in [9.17, 15) is 5.11 Å². The molecule has 0 aromatic carbocycles. The lowest BCUT2D eigenvalue weighted by molar-refractivity contribution is 0.0555. The molecule has 1 nitrogen and oxygen atoms in total. The van der Waals surface area contributed by atoms with Gasteiger partial charge in [0.15, 0.2) is 0 Å². The molecular weight excluding hydrogens is 136 g/mol. The Morgan fingerprint density at radius 1 is 1.45 bits per heavy atom. The van der Waals surface area contributed by atoms with Gasteiger partial charge in [0.05, 0.1) is 6.10 Å². The minimum Gasteiger partial charge on any atom is -0.389 e. The van der Waals surface area contributed by atoms with Gasteiger partial charge in [-0.05, 0) is 36.7 Å². The average Bonchev–Trinajstić information content (AvgIpc) is 1.93. The molecule has 0 heterocycles. The number of rotatable bonds is 0. The van der Waals surface area contributed by atoms with Gasteiger partial charge in [-0.3, -0.25) is 0 Å². The Balaban J connectivity index is 2.40. The first-order valence-electron chi connectivity index (χ1n) is 4.41. The predicted octanol–water partition coefficient (Wildman–Crippen LogP) is 2.11. The predicted molar refractivity (Wildman–Crippen MR) is 45.2 cm³/mol. The molecule has 3 aliphatic rings. The first-order valence-corrected chi connectivity index (χ1v) is 4.41. The third-order valence-electron chi connectivity index (χ3n) is 3.73.